The van der Waals surface area contributed by atoms with E-state index in [4.69, 9.17) is 9.47 Å². The third-order valence-corrected chi connectivity index (χ3v) is 5.69. The van der Waals surface area contributed by atoms with E-state index in [1.807, 2.05) is 30.3 Å². The van der Waals surface area contributed by atoms with Crippen LogP contribution in [0.15, 0.2) is 60.7 Å². The third kappa shape index (κ3) is 5.14. The molecule has 3 aromatic rings. The highest BCUT2D eigenvalue weighted by molar-refractivity contribution is 5.76. The highest BCUT2D eigenvalue weighted by Crippen LogP contribution is 2.35. The Kier molecular flexibility index (Phi) is 6.58. The smallest absolute Gasteiger partial charge is 0.410 e. The van der Waals surface area contributed by atoms with Gasteiger partial charge in [-0.3, -0.25) is 4.79 Å². The minimum absolute atomic E-state index is 0.160. The standard InChI is InChI=1S/C26H24FNO5/c1-32-20-12-18(13-25(29)30)11-19(14-20)21-7-8-24(27)22-9-10-28(15-23(21)22)26(31)33-16-17-5-3-2-4-6-17/h2-8,11-12,14H,9-10,13,15-16H2,1H3,(H,29,30). The van der Waals surface area contributed by atoms with Crippen LogP contribution in [-0.2, 0) is 35.5 Å². The number of fused-ring (bicyclic) bond motifs is 1. The van der Waals surface area contributed by atoms with Crippen LogP contribution in [0, 0.1) is 5.82 Å². The summed E-state index contributed by atoms with van der Waals surface area (Å²) in [6.07, 6.45) is -0.260. The van der Waals surface area contributed by atoms with Crippen LogP contribution >= 0.6 is 0 Å². The molecule has 0 aromatic heterocycles. The number of amides is 1. The number of carboxylic acid groups (broad SMARTS) is 1. The van der Waals surface area contributed by atoms with Gasteiger partial charge in [-0.2, -0.15) is 0 Å². The van der Waals surface area contributed by atoms with Crippen molar-refractivity contribution in [2.45, 2.75) is 26.0 Å². The number of carbonyl (C=O) groups is 2. The maximum atomic E-state index is 14.6. The van der Waals surface area contributed by atoms with Crippen molar-refractivity contribution in [1.82, 2.24) is 4.90 Å². The zero-order valence-corrected chi connectivity index (χ0v) is 18.2. The predicted molar refractivity (Wildman–Crippen MR) is 120 cm³/mol. The van der Waals surface area contributed by atoms with Crippen LogP contribution in [-0.4, -0.2) is 35.7 Å². The average molecular weight is 449 g/mol. The fourth-order valence-corrected chi connectivity index (χ4v) is 4.08. The minimum atomic E-state index is -0.956. The van der Waals surface area contributed by atoms with Crippen LogP contribution in [0.2, 0.25) is 0 Å². The molecule has 4 rings (SSSR count). The summed E-state index contributed by atoms with van der Waals surface area (Å²) in [4.78, 5) is 25.5. The molecule has 0 saturated carbocycles. The molecule has 7 heteroatoms. The summed E-state index contributed by atoms with van der Waals surface area (Å²) in [5.41, 5.74) is 4.15. The molecule has 1 amide bonds. The highest BCUT2D eigenvalue weighted by atomic mass is 19.1. The Morgan fingerprint density at radius 3 is 2.55 bits per heavy atom. The molecule has 170 valence electrons. The number of hydrogen-bond acceptors (Lipinski definition) is 4. The largest absolute Gasteiger partial charge is 0.497 e. The SMILES string of the molecule is COc1cc(CC(=O)O)cc(-c2ccc(F)c3c2CN(C(=O)OCc2ccccc2)CC3)c1. The number of nitrogens with zero attached hydrogens (tertiary/aromatic N) is 1. The van der Waals surface area contributed by atoms with E-state index in [1.54, 1.807) is 29.2 Å². The Labute approximate surface area is 191 Å². The third-order valence-electron chi connectivity index (χ3n) is 5.69. The molecule has 1 N–H and O–H groups in total. The van der Waals surface area contributed by atoms with Gasteiger partial charge in [0.15, 0.2) is 0 Å². The van der Waals surface area contributed by atoms with Crippen molar-refractivity contribution in [3.05, 3.63) is 88.7 Å². The first-order valence-corrected chi connectivity index (χ1v) is 10.6. The van der Waals surface area contributed by atoms with Crippen LogP contribution < -0.4 is 4.74 Å². The summed E-state index contributed by atoms with van der Waals surface area (Å²) in [5.74, 6) is -0.765. The van der Waals surface area contributed by atoms with Gasteiger partial charge >= 0.3 is 12.1 Å². The van der Waals surface area contributed by atoms with Gasteiger partial charge in [-0.15, -0.1) is 0 Å². The van der Waals surface area contributed by atoms with Gasteiger partial charge in [-0.25, -0.2) is 9.18 Å². The molecule has 0 saturated heterocycles. The van der Waals surface area contributed by atoms with E-state index in [1.165, 1.54) is 13.2 Å². The summed E-state index contributed by atoms with van der Waals surface area (Å²) < 4.78 is 25.4. The lowest BCUT2D eigenvalue weighted by atomic mass is 9.90. The fraction of sp³-hybridized carbons (Fsp3) is 0.231. The second-order valence-electron chi connectivity index (χ2n) is 7.90. The number of carbonyl (C=O) groups excluding carboxylic acids is 1. The zero-order valence-electron chi connectivity index (χ0n) is 18.2. The summed E-state index contributed by atoms with van der Waals surface area (Å²) in [7, 11) is 1.51. The van der Waals surface area contributed by atoms with E-state index in [0.29, 0.717) is 41.0 Å². The van der Waals surface area contributed by atoms with Gasteiger partial charge in [0.25, 0.3) is 0 Å². The maximum absolute atomic E-state index is 14.6. The molecule has 0 unspecified atom stereocenters. The first-order chi connectivity index (χ1) is 15.9. The summed E-state index contributed by atoms with van der Waals surface area (Å²) in [5, 5.41) is 9.20. The first kappa shape index (κ1) is 22.3. The fourth-order valence-electron chi connectivity index (χ4n) is 4.08. The van der Waals surface area contributed by atoms with Gasteiger partial charge in [-0.05, 0) is 58.0 Å². The number of aliphatic carboxylic acids is 1. The van der Waals surface area contributed by atoms with E-state index in [0.717, 1.165) is 11.1 Å². The van der Waals surface area contributed by atoms with Crippen molar-refractivity contribution in [1.29, 1.82) is 0 Å². The molecular formula is C26H24FNO5. The Morgan fingerprint density at radius 2 is 1.82 bits per heavy atom. The molecule has 0 radical (unpaired) electrons. The number of hydrogen-bond donors (Lipinski definition) is 1. The molecule has 1 aliphatic rings. The van der Waals surface area contributed by atoms with Gasteiger partial charge in [-0.1, -0.05) is 42.5 Å². The van der Waals surface area contributed by atoms with Gasteiger partial charge in [0.1, 0.15) is 18.2 Å². The molecule has 1 heterocycles. The van der Waals surface area contributed by atoms with E-state index in [2.05, 4.69) is 0 Å². The number of methoxy groups -OCH3 is 1. The van der Waals surface area contributed by atoms with Crippen molar-refractivity contribution in [2.24, 2.45) is 0 Å². The Morgan fingerprint density at radius 1 is 1.03 bits per heavy atom. The molecule has 0 bridgehead atoms. The molecule has 3 aromatic carbocycles. The van der Waals surface area contributed by atoms with Gasteiger partial charge in [0, 0.05) is 13.1 Å². The molecular weight excluding hydrogens is 425 g/mol. The van der Waals surface area contributed by atoms with Crippen LogP contribution in [0.3, 0.4) is 0 Å². The Balaban J connectivity index is 1.62. The van der Waals surface area contributed by atoms with Crippen molar-refractivity contribution in [3.8, 4) is 16.9 Å². The van der Waals surface area contributed by atoms with Crippen LogP contribution in [0.25, 0.3) is 11.1 Å². The van der Waals surface area contributed by atoms with E-state index >= 15 is 0 Å². The number of halogens is 1. The van der Waals surface area contributed by atoms with Crippen molar-refractivity contribution in [2.75, 3.05) is 13.7 Å². The number of benzene rings is 3. The van der Waals surface area contributed by atoms with Crippen LogP contribution in [0.1, 0.15) is 22.3 Å². The molecule has 33 heavy (non-hydrogen) atoms. The van der Waals surface area contributed by atoms with Crippen molar-refractivity contribution >= 4 is 12.1 Å². The monoisotopic (exact) mass is 449 g/mol. The van der Waals surface area contributed by atoms with E-state index in [9.17, 15) is 19.1 Å². The minimum Gasteiger partial charge on any atom is -0.497 e. The highest BCUT2D eigenvalue weighted by Gasteiger charge is 2.27. The Hall–Kier alpha value is -3.87. The number of rotatable bonds is 6. The molecule has 6 nitrogen and oxygen atoms in total. The molecule has 0 fully saturated rings. The van der Waals surface area contributed by atoms with Crippen molar-refractivity contribution in [3.63, 3.8) is 0 Å². The second-order valence-corrected chi connectivity index (χ2v) is 7.90. The summed E-state index contributed by atoms with van der Waals surface area (Å²) in [6, 6.07) is 17.7. The lowest BCUT2D eigenvalue weighted by Gasteiger charge is -2.30. The molecule has 0 spiro atoms. The summed E-state index contributed by atoms with van der Waals surface area (Å²) in [6.45, 7) is 0.707. The lowest BCUT2D eigenvalue weighted by molar-refractivity contribution is -0.136. The van der Waals surface area contributed by atoms with Crippen molar-refractivity contribution < 1.29 is 28.6 Å². The zero-order chi connectivity index (χ0) is 23.4. The molecule has 1 aliphatic heterocycles. The van der Waals surface area contributed by atoms with Crippen LogP contribution in [0.5, 0.6) is 5.75 Å². The van der Waals surface area contributed by atoms with E-state index in [-0.39, 0.29) is 25.4 Å². The maximum Gasteiger partial charge on any atom is 0.410 e. The quantitative estimate of drug-likeness (QED) is 0.584. The molecule has 0 atom stereocenters. The number of ether oxygens (including phenoxy) is 2. The predicted octanol–water partition coefficient (Wildman–Crippen LogP) is 4.82. The number of carboxylic acids is 1. The van der Waals surface area contributed by atoms with Gasteiger partial charge in [0.2, 0.25) is 0 Å². The Bertz CT molecular complexity index is 1180. The second kappa shape index (κ2) is 9.73. The van der Waals surface area contributed by atoms with Gasteiger partial charge < -0.3 is 19.5 Å². The van der Waals surface area contributed by atoms with Crippen LogP contribution in [0.4, 0.5) is 9.18 Å². The van der Waals surface area contributed by atoms with E-state index < -0.39 is 12.1 Å². The summed E-state index contributed by atoms with van der Waals surface area (Å²) >= 11 is 0. The normalized spacial score (nSPS) is 12.7. The topological polar surface area (TPSA) is 76.1 Å². The average Bonchev–Trinajstić information content (AvgIpc) is 2.82. The van der Waals surface area contributed by atoms with Gasteiger partial charge in [0.05, 0.1) is 13.5 Å². The lowest BCUT2D eigenvalue weighted by Crippen LogP contribution is -2.37. The first-order valence-electron chi connectivity index (χ1n) is 10.6. The molecule has 0 aliphatic carbocycles.